The summed E-state index contributed by atoms with van der Waals surface area (Å²) in [4.78, 5) is 6.53. The average Bonchev–Trinajstić information content (AvgIpc) is 2.28. The Bertz CT molecular complexity index is 398. The van der Waals surface area contributed by atoms with Crippen molar-refractivity contribution in [1.29, 1.82) is 0 Å². The summed E-state index contributed by atoms with van der Waals surface area (Å²) in [5, 5.41) is 3.27. The van der Waals surface area contributed by atoms with Gasteiger partial charge in [0.2, 0.25) is 0 Å². The maximum atomic E-state index is 13.6. The van der Waals surface area contributed by atoms with E-state index in [-0.39, 0.29) is 11.4 Å². The number of aryl methyl sites for hydroxylation is 1. The van der Waals surface area contributed by atoms with Gasteiger partial charge in [0, 0.05) is 24.3 Å². The molecule has 2 rings (SSSR count). The first kappa shape index (κ1) is 12.3. The highest BCUT2D eigenvalue weighted by atomic mass is 19.1. The lowest BCUT2D eigenvalue weighted by Crippen LogP contribution is -2.46. The quantitative estimate of drug-likeness (QED) is 0.856. The molecule has 0 radical (unpaired) electrons. The van der Waals surface area contributed by atoms with Gasteiger partial charge in [-0.05, 0) is 45.9 Å². The second-order valence-corrected chi connectivity index (χ2v) is 5.27. The molecule has 1 aromatic rings. The van der Waals surface area contributed by atoms with E-state index in [1.54, 1.807) is 6.07 Å². The molecule has 4 heteroatoms. The minimum absolute atomic E-state index is 0.0475. The number of hydrogen-bond acceptors (Lipinski definition) is 3. The molecule has 1 saturated heterocycles. The lowest BCUT2D eigenvalue weighted by molar-refractivity contribution is 0.215. The van der Waals surface area contributed by atoms with E-state index in [1.165, 1.54) is 6.07 Å². The van der Waals surface area contributed by atoms with Crippen LogP contribution in [0.2, 0.25) is 0 Å². The molecular formula is C13H20FN3. The first-order valence-electron chi connectivity index (χ1n) is 6.08. The molecule has 2 heterocycles. The van der Waals surface area contributed by atoms with Crippen molar-refractivity contribution in [3.8, 4) is 0 Å². The van der Waals surface area contributed by atoms with E-state index in [9.17, 15) is 4.39 Å². The molecule has 3 nitrogen and oxygen atoms in total. The third kappa shape index (κ3) is 2.94. The fraction of sp³-hybridized carbons (Fsp3) is 0.615. The fourth-order valence-corrected chi connectivity index (χ4v) is 2.15. The van der Waals surface area contributed by atoms with Crippen LogP contribution in [-0.2, 0) is 0 Å². The van der Waals surface area contributed by atoms with Crippen molar-refractivity contribution in [1.82, 2.24) is 9.88 Å². The lowest BCUT2D eigenvalue weighted by atomic mass is 9.90. The number of piperidine rings is 1. The van der Waals surface area contributed by atoms with Crippen molar-refractivity contribution in [2.45, 2.75) is 32.2 Å². The van der Waals surface area contributed by atoms with Crippen molar-refractivity contribution >= 4 is 5.82 Å². The Balaban J connectivity index is 2.12. The molecule has 0 unspecified atom stereocenters. The molecule has 1 N–H and O–H groups in total. The Kier molecular flexibility index (Phi) is 3.33. The number of nitrogens with one attached hydrogen (secondary N) is 1. The summed E-state index contributed by atoms with van der Waals surface area (Å²) in [6, 6.07) is 3.17. The maximum Gasteiger partial charge on any atom is 0.165 e. The topological polar surface area (TPSA) is 28.2 Å². The number of pyridine rings is 1. The van der Waals surface area contributed by atoms with Crippen LogP contribution in [0.15, 0.2) is 12.1 Å². The van der Waals surface area contributed by atoms with Gasteiger partial charge in [-0.25, -0.2) is 9.37 Å². The summed E-state index contributed by atoms with van der Waals surface area (Å²) in [7, 11) is 2.12. The predicted octanol–water partition coefficient (Wildman–Crippen LogP) is 2.43. The van der Waals surface area contributed by atoms with Crippen LogP contribution in [0.4, 0.5) is 10.2 Å². The smallest absolute Gasteiger partial charge is 0.165 e. The minimum atomic E-state index is -0.268. The summed E-state index contributed by atoms with van der Waals surface area (Å²) < 4.78 is 13.6. The number of aromatic nitrogens is 1. The van der Waals surface area contributed by atoms with Crippen LogP contribution in [0.25, 0.3) is 0 Å². The van der Waals surface area contributed by atoms with Crippen LogP contribution in [0, 0.1) is 12.7 Å². The molecule has 1 aliphatic rings. The van der Waals surface area contributed by atoms with Gasteiger partial charge in [-0.2, -0.15) is 0 Å². The second kappa shape index (κ2) is 4.61. The molecule has 17 heavy (non-hydrogen) atoms. The largest absolute Gasteiger partial charge is 0.362 e. The van der Waals surface area contributed by atoms with Crippen molar-refractivity contribution in [3.05, 3.63) is 23.6 Å². The van der Waals surface area contributed by atoms with Gasteiger partial charge in [-0.3, -0.25) is 0 Å². The van der Waals surface area contributed by atoms with Crippen LogP contribution < -0.4 is 5.32 Å². The zero-order valence-electron chi connectivity index (χ0n) is 10.8. The highest BCUT2D eigenvalue weighted by Crippen LogP contribution is 2.26. The molecule has 0 amide bonds. The number of nitrogens with zero attached hydrogens (tertiary/aromatic N) is 2. The number of rotatable bonds is 2. The third-order valence-electron chi connectivity index (χ3n) is 3.50. The van der Waals surface area contributed by atoms with E-state index >= 15 is 0 Å². The summed E-state index contributed by atoms with van der Waals surface area (Å²) in [5.41, 5.74) is 0.791. The van der Waals surface area contributed by atoms with Crippen LogP contribution in [0.5, 0.6) is 0 Å². The molecule has 0 aliphatic carbocycles. The Morgan fingerprint density at radius 1 is 1.35 bits per heavy atom. The number of likely N-dealkylation sites (tertiary alicyclic amines) is 1. The van der Waals surface area contributed by atoms with Gasteiger partial charge in [0.15, 0.2) is 11.6 Å². The zero-order valence-corrected chi connectivity index (χ0v) is 10.8. The highest BCUT2D eigenvalue weighted by Gasteiger charge is 2.29. The molecule has 1 aromatic heterocycles. The van der Waals surface area contributed by atoms with Crippen LogP contribution in [0.1, 0.15) is 25.5 Å². The van der Waals surface area contributed by atoms with Crippen LogP contribution >= 0.6 is 0 Å². The van der Waals surface area contributed by atoms with Gasteiger partial charge < -0.3 is 10.2 Å². The van der Waals surface area contributed by atoms with E-state index in [2.05, 4.69) is 29.2 Å². The van der Waals surface area contributed by atoms with Gasteiger partial charge in [0.25, 0.3) is 0 Å². The number of hydrogen-bond donors (Lipinski definition) is 1. The van der Waals surface area contributed by atoms with Crippen LogP contribution in [0.3, 0.4) is 0 Å². The lowest BCUT2D eigenvalue weighted by Gasteiger charge is -2.39. The Hall–Kier alpha value is -1.16. The molecular weight excluding hydrogens is 217 g/mol. The van der Waals surface area contributed by atoms with E-state index in [1.807, 2.05) is 6.92 Å². The van der Waals surface area contributed by atoms with Gasteiger partial charge >= 0.3 is 0 Å². The Labute approximate surface area is 102 Å². The van der Waals surface area contributed by atoms with Crippen molar-refractivity contribution in [2.24, 2.45) is 0 Å². The molecule has 94 valence electrons. The SMILES string of the molecule is Cc1ccc(F)c(NC2(C)CCN(C)CC2)n1. The predicted molar refractivity (Wildman–Crippen MR) is 67.7 cm³/mol. The molecule has 0 atom stereocenters. The van der Waals surface area contributed by atoms with Gasteiger partial charge in [-0.1, -0.05) is 0 Å². The highest BCUT2D eigenvalue weighted by molar-refractivity contribution is 5.40. The zero-order chi connectivity index (χ0) is 12.5. The Morgan fingerprint density at radius 3 is 2.65 bits per heavy atom. The molecule has 1 aliphatic heterocycles. The van der Waals surface area contributed by atoms with Crippen LogP contribution in [-0.4, -0.2) is 35.6 Å². The fourth-order valence-electron chi connectivity index (χ4n) is 2.15. The molecule has 0 bridgehead atoms. The third-order valence-corrected chi connectivity index (χ3v) is 3.50. The first-order chi connectivity index (χ1) is 7.98. The van der Waals surface area contributed by atoms with Crippen molar-refractivity contribution in [3.63, 3.8) is 0 Å². The minimum Gasteiger partial charge on any atom is -0.362 e. The monoisotopic (exact) mass is 237 g/mol. The van der Waals surface area contributed by atoms with E-state index in [4.69, 9.17) is 0 Å². The second-order valence-electron chi connectivity index (χ2n) is 5.27. The molecule has 0 saturated carbocycles. The summed E-state index contributed by atoms with van der Waals surface area (Å²) in [6.07, 6.45) is 2.02. The van der Waals surface area contributed by atoms with Crippen molar-refractivity contribution < 1.29 is 4.39 Å². The molecule has 0 spiro atoms. The molecule has 1 fully saturated rings. The van der Waals surface area contributed by atoms with Gasteiger partial charge in [0.1, 0.15) is 0 Å². The number of halogens is 1. The Morgan fingerprint density at radius 2 is 2.00 bits per heavy atom. The summed E-state index contributed by atoms with van der Waals surface area (Å²) in [6.45, 7) is 6.10. The average molecular weight is 237 g/mol. The maximum absolute atomic E-state index is 13.6. The van der Waals surface area contributed by atoms with E-state index in [0.29, 0.717) is 5.82 Å². The molecule has 0 aromatic carbocycles. The number of anilines is 1. The summed E-state index contributed by atoms with van der Waals surface area (Å²) in [5.74, 6) is 0.118. The standard InChI is InChI=1S/C13H20FN3/c1-10-4-5-11(14)12(15-10)16-13(2)6-8-17(3)9-7-13/h4-5H,6-9H2,1-3H3,(H,15,16). The summed E-state index contributed by atoms with van der Waals surface area (Å²) >= 11 is 0. The van der Waals surface area contributed by atoms with Gasteiger partial charge in [-0.15, -0.1) is 0 Å². The van der Waals surface area contributed by atoms with E-state index in [0.717, 1.165) is 31.6 Å². The normalized spacial score (nSPS) is 20.2. The van der Waals surface area contributed by atoms with E-state index < -0.39 is 0 Å². The first-order valence-corrected chi connectivity index (χ1v) is 6.08. The van der Waals surface area contributed by atoms with Crippen molar-refractivity contribution in [2.75, 3.05) is 25.5 Å². The van der Waals surface area contributed by atoms with Gasteiger partial charge in [0.05, 0.1) is 0 Å².